The van der Waals surface area contributed by atoms with Crippen LogP contribution in [0.15, 0.2) is 18.2 Å². The number of aryl methyl sites for hydroxylation is 1. The highest BCUT2D eigenvalue weighted by Gasteiger charge is 2.28. The van der Waals surface area contributed by atoms with Crippen LogP contribution in [0.4, 0.5) is 5.69 Å². The van der Waals surface area contributed by atoms with Crippen LogP contribution in [0, 0.1) is 0 Å². The second kappa shape index (κ2) is 5.83. The fourth-order valence-electron chi connectivity index (χ4n) is 2.87. The maximum absolute atomic E-state index is 12.3. The molecule has 7 heteroatoms. The number of hydrogen-bond donors (Lipinski definition) is 2. The quantitative estimate of drug-likeness (QED) is 0.758. The Morgan fingerprint density at radius 3 is 2.74 bits per heavy atom. The van der Waals surface area contributed by atoms with Crippen molar-refractivity contribution in [3.05, 3.63) is 29.3 Å². The molecule has 4 amide bonds. The number of carbonyl (C=O) groups excluding carboxylic acids is 4. The van der Waals surface area contributed by atoms with E-state index < -0.39 is 11.9 Å². The van der Waals surface area contributed by atoms with Crippen LogP contribution in [-0.2, 0) is 20.8 Å². The average Bonchev–Trinajstić information content (AvgIpc) is 2.53. The van der Waals surface area contributed by atoms with Crippen LogP contribution in [0.5, 0.6) is 0 Å². The van der Waals surface area contributed by atoms with E-state index in [0.717, 1.165) is 11.3 Å². The standard InChI is InChI=1S/C16H17N3O4/c1-19-12-5-2-10(8-9(12)3-7-14(19)21)15(22)17-11-4-6-13(20)18-16(11)23/h2,5,8,11H,3-4,6-7H2,1H3,(H,17,22)(H,18,20,23). The van der Waals surface area contributed by atoms with Gasteiger partial charge in [0.1, 0.15) is 6.04 Å². The topological polar surface area (TPSA) is 95.6 Å². The molecule has 1 atom stereocenters. The molecule has 0 bridgehead atoms. The second-order valence-electron chi connectivity index (χ2n) is 5.77. The zero-order valence-electron chi connectivity index (χ0n) is 12.7. The summed E-state index contributed by atoms with van der Waals surface area (Å²) in [5.74, 6) is -1.10. The van der Waals surface area contributed by atoms with E-state index in [2.05, 4.69) is 10.6 Å². The molecule has 3 rings (SSSR count). The van der Waals surface area contributed by atoms with Gasteiger partial charge >= 0.3 is 0 Å². The number of carbonyl (C=O) groups is 4. The fourth-order valence-corrected chi connectivity index (χ4v) is 2.87. The number of nitrogens with zero attached hydrogens (tertiary/aromatic N) is 1. The van der Waals surface area contributed by atoms with Crippen LogP contribution in [-0.4, -0.2) is 36.7 Å². The van der Waals surface area contributed by atoms with Gasteiger partial charge in [-0.25, -0.2) is 0 Å². The Morgan fingerprint density at radius 1 is 1.22 bits per heavy atom. The van der Waals surface area contributed by atoms with Crippen molar-refractivity contribution in [3.63, 3.8) is 0 Å². The van der Waals surface area contributed by atoms with E-state index in [9.17, 15) is 19.2 Å². The first-order valence-corrected chi connectivity index (χ1v) is 7.50. The Kier molecular flexibility index (Phi) is 3.85. The van der Waals surface area contributed by atoms with Gasteiger partial charge in [0.25, 0.3) is 5.91 Å². The molecule has 0 saturated carbocycles. The van der Waals surface area contributed by atoms with E-state index in [1.807, 2.05) is 0 Å². The van der Waals surface area contributed by atoms with Crippen molar-refractivity contribution in [1.82, 2.24) is 10.6 Å². The smallest absolute Gasteiger partial charge is 0.251 e. The predicted molar refractivity (Wildman–Crippen MR) is 81.8 cm³/mol. The normalized spacial score (nSPS) is 20.8. The molecule has 0 spiro atoms. The summed E-state index contributed by atoms with van der Waals surface area (Å²) in [4.78, 5) is 48.4. The van der Waals surface area contributed by atoms with Crippen LogP contribution in [0.2, 0.25) is 0 Å². The average molecular weight is 315 g/mol. The van der Waals surface area contributed by atoms with Gasteiger partial charge in [0.2, 0.25) is 17.7 Å². The lowest BCUT2D eigenvalue weighted by Crippen LogP contribution is -2.52. The number of imide groups is 1. The number of fused-ring (bicyclic) bond motifs is 1. The van der Waals surface area contributed by atoms with E-state index in [1.165, 1.54) is 0 Å². The molecule has 0 aromatic heterocycles. The molecule has 2 aliphatic rings. The monoisotopic (exact) mass is 315 g/mol. The molecule has 120 valence electrons. The van der Waals surface area contributed by atoms with Crippen LogP contribution in [0.3, 0.4) is 0 Å². The summed E-state index contributed by atoms with van der Waals surface area (Å²) in [6.45, 7) is 0. The molecule has 1 aromatic rings. The van der Waals surface area contributed by atoms with Crippen molar-refractivity contribution in [2.45, 2.75) is 31.7 Å². The van der Waals surface area contributed by atoms with Gasteiger partial charge in [-0.15, -0.1) is 0 Å². The SMILES string of the molecule is CN1C(=O)CCc2cc(C(=O)NC3CCC(=O)NC3=O)ccc21. The molecule has 0 radical (unpaired) electrons. The van der Waals surface area contributed by atoms with Gasteiger partial charge in [0, 0.05) is 31.1 Å². The number of hydrogen-bond acceptors (Lipinski definition) is 4. The van der Waals surface area contributed by atoms with Crippen LogP contribution in [0.1, 0.15) is 35.2 Å². The van der Waals surface area contributed by atoms with Crippen molar-refractivity contribution in [1.29, 1.82) is 0 Å². The third kappa shape index (κ3) is 2.94. The number of nitrogens with one attached hydrogen (secondary N) is 2. The Morgan fingerprint density at radius 2 is 2.00 bits per heavy atom. The number of piperidine rings is 1. The van der Waals surface area contributed by atoms with E-state index >= 15 is 0 Å². The van der Waals surface area contributed by atoms with Crippen molar-refractivity contribution < 1.29 is 19.2 Å². The minimum absolute atomic E-state index is 0.0539. The highest BCUT2D eigenvalue weighted by atomic mass is 16.2. The summed E-state index contributed by atoms with van der Waals surface area (Å²) in [5, 5.41) is 4.86. The molecule has 2 N–H and O–H groups in total. The van der Waals surface area contributed by atoms with E-state index in [4.69, 9.17) is 0 Å². The summed E-state index contributed by atoms with van der Waals surface area (Å²) in [6, 6.07) is 4.43. The number of amides is 4. The lowest BCUT2D eigenvalue weighted by molar-refractivity contribution is -0.134. The van der Waals surface area contributed by atoms with Gasteiger partial charge in [0.05, 0.1) is 0 Å². The van der Waals surface area contributed by atoms with Crippen LogP contribution >= 0.6 is 0 Å². The maximum Gasteiger partial charge on any atom is 0.251 e. The van der Waals surface area contributed by atoms with Gasteiger partial charge in [-0.2, -0.15) is 0 Å². The molecule has 1 saturated heterocycles. The molecule has 7 nitrogen and oxygen atoms in total. The first-order valence-electron chi connectivity index (χ1n) is 7.50. The Hall–Kier alpha value is -2.70. The second-order valence-corrected chi connectivity index (χ2v) is 5.77. The summed E-state index contributed by atoms with van der Waals surface area (Å²) < 4.78 is 0. The summed E-state index contributed by atoms with van der Waals surface area (Å²) >= 11 is 0. The Balaban J connectivity index is 1.75. The summed E-state index contributed by atoms with van der Waals surface area (Å²) in [6.07, 6.45) is 1.53. The van der Waals surface area contributed by atoms with Crippen LogP contribution in [0.25, 0.3) is 0 Å². The lowest BCUT2D eigenvalue weighted by Gasteiger charge is -2.26. The van der Waals surface area contributed by atoms with Crippen molar-refractivity contribution in [2.75, 3.05) is 11.9 Å². The fraction of sp³-hybridized carbons (Fsp3) is 0.375. The first-order chi connectivity index (χ1) is 11.0. The molecule has 1 unspecified atom stereocenters. The third-order valence-electron chi connectivity index (χ3n) is 4.23. The molecule has 0 aliphatic carbocycles. The predicted octanol–water partition coefficient (Wildman–Crippen LogP) is 0.131. The molecular formula is C16H17N3O4. The maximum atomic E-state index is 12.3. The summed E-state index contributed by atoms with van der Waals surface area (Å²) in [5.41, 5.74) is 2.18. The molecule has 1 aromatic carbocycles. The largest absolute Gasteiger partial charge is 0.340 e. The van der Waals surface area contributed by atoms with Gasteiger partial charge < -0.3 is 10.2 Å². The highest BCUT2D eigenvalue weighted by molar-refractivity contribution is 6.04. The summed E-state index contributed by atoms with van der Waals surface area (Å²) in [7, 11) is 1.71. The van der Waals surface area contributed by atoms with E-state index in [-0.39, 0.29) is 24.1 Å². The number of anilines is 1. The Labute approximate surface area is 133 Å². The minimum Gasteiger partial charge on any atom is -0.340 e. The minimum atomic E-state index is -0.694. The van der Waals surface area contributed by atoms with Gasteiger partial charge in [-0.1, -0.05) is 0 Å². The molecule has 2 heterocycles. The third-order valence-corrected chi connectivity index (χ3v) is 4.23. The van der Waals surface area contributed by atoms with Gasteiger partial charge in [-0.05, 0) is 36.6 Å². The van der Waals surface area contributed by atoms with Crippen molar-refractivity contribution in [3.8, 4) is 0 Å². The Bertz CT molecular complexity index is 713. The first kappa shape index (κ1) is 15.2. The van der Waals surface area contributed by atoms with E-state index in [0.29, 0.717) is 24.8 Å². The zero-order chi connectivity index (χ0) is 16.6. The van der Waals surface area contributed by atoms with Crippen molar-refractivity contribution >= 4 is 29.3 Å². The van der Waals surface area contributed by atoms with E-state index in [1.54, 1.807) is 30.1 Å². The number of rotatable bonds is 2. The number of benzene rings is 1. The molecule has 2 aliphatic heterocycles. The van der Waals surface area contributed by atoms with Gasteiger partial charge in [0.15, 0.2) is 0 Å². The zero-order valence-corrected chi connectivity index (χ0v) is 12.7. The molecular weight excluding hydrogens is 298 g/mol. The van der Waals surface area contributed by atoms with Gasteiger partial charge in [-0.3, -0.25) is 24.5 Å². The molecule has 23 heavy (non-hydrogen) atoms. The van der Waals surface area contributed by atoms with Crippen molar-refractivity contribution in [2.24, 2.45) is 0 Å². The highest BCUT2D eigenvalue weighted by Crippen LogP contribution is 2.27. The lowest BCUT2D eigenvalue weighted by atomic mass is 9.98. The van der Waals surface area contributed by atoms with Crippen LogP contribution < -0.4 is 15.5 Å². The molecule has 1 fully saturated rings.